The van der Waals surface area contributed by atoms with Gasteiger partial charge in [0.15, 0.2) is 0 Å². The van der Waals surface area contributed by atoms with E-state index in [9.17, 15) is 10.3 Å². The first-order valence-corrected chi connectivity index (χ1v) is 6.74. The van der Waals surface area contributed by atoms with Gasteiger partial charge in [0.25, 0.3) is 0 Å². The maximum atomic E-state index is 10.5. The molecule has 5 heteroatoms. The molecule has 0 amide bonds. The summed E-state index contributed by atoms with van der Waals surface area (Å²) >= 11 is 0. The van der Waals surface area contributed by atoms with Gasteiger partial charge in [-0.05, 0) is 30.9 Å². The first-order chi connectivity index (χ1) is 8.98. The highest BCUT2D eigenvalue weighted by Gasteiger charge is 2.35. The van der Waals surface area contributed by atoms with Crippen molar-refractivity contribution in [2.24, 2.45) is 5.92 Å². The average Bonchev–Trinajstić information content (AvgIpc) is 2.39. The van der Waals surface area contributed by atoms with Gasteiger partial charge >= 0.3 is 0 Å². The molecule has 0 atom stereocenters. The molecule has 19 heavy (non-hydrogen) atoms. The molecule has 1 aromatic rings. The smallest absolute Gasteiger partial charge is 0.106 e. The molecule has 0 aliphatic carbocycles. The quantitative estimate of drug-likeness (QED) is 0.497. The zero-order valence-electron chi connectivity index (χ0n) is 11.6. The summed E-state index contributed by atoms with van der Waals surface area (Å²) in [7, 11) is 0. The molecule has 0 unspecified atom stereocenters. The number of rotatable bonds is 3. The highest BCUT2D eigenvalue weighted by Crippen LogP contribution is 2.36. The van der Waals surface area contributed by atoms with Gasteiger partial charge in [0, 0.05) is 13.1 Å². The highest BCUT2D eigenvalue weighted by molar-refractivity contribution is 5.81. The number of nitrogens with zero attached hydrogens (tertiary/aromatic N) is 1. The standard InChI is InChI=1S/C14H23N3O2/c1-10(2)14(18)6-8-17(9-7-14)12-5-3-4-11(15)13(12)16-19/h3-5,10,16,18-19H,6-9,15H2,1-2H3. The number of para-hydroxylation sites is 1. The molecule has 106 valence electrons. The third-order valence-corrected chi connectivity index (χ3v) is 4.23. The van der Waals surface area contributed by atoms with Gasteiger partial charge in [-0.3, -0.25) is 10.7 Å². The van der Waals surface area contributed by atoms with Crippen molar-refractivity contribution < 1.29 is 10.3 Å². The van der Waals surface area contributed by atoms with Gasteiger partial charge in [-0.2, -0.15) is 0 Å². The molecule has 1 aromatic carbocycles. The SMILES string of the molecule is CC(C)C1(O)CCN(c2cccc(N)c2NO)CC1. The molecule has 2 rings (SSSR count). The van der Waals surface area contributed by atoms with Crippen LogP contribution in [0.3, 0.4) is 0 Å². The molecular formula is C14H23N3O2. The number of hydrogen-bond donors (Lipinski definition) is 4. The maximum absolute atomic E-state index is 10.5. The van der Waals surface area contributed by atoms with Gasteiger partial charge in [-0.1, -0.05) is 19.9 Å². The van der Waals surface area contributed by atoms with Crippen molar-refractivity contribution in [3.63, 3.8) is 0 Å². The Morgan fingerprint density at radius 1 is 1.32 bits per heavy atom. The Balaban J connectivity index is 2.16. The van der Waals surface area contributed by atoms with E-state index in [1.165, 1.54) is 0 Å². The minimum absolute atomic E-state index is 0.255. The van der Waals surface area contributed by atoms with E-state index in [-0.39, 0.29) is 5.92 Å². The summed E-state index contributed by atoms with van der Waals surface area (Å²) < 4.78 is 0. The molecular weight excluding hydrogens is 242 g/mol. The van der Waals surface area contributed by atoms with Crippen molar-refractivity contribution in [3.8, 4) is 0 Å². The zero-order chi connectivity index (χ0) is 14.0. The predicted octanol–water partition coefficient (Wildman–Crippen LogP) is 2.06. The Morgan fingerprint density at radius 2 is 1.95 bits per heavy atom. The van der Waals surface area contributed by atoms with Crippen LogP contribution in [-0.2, 0) is 0 Å². The van der Waals surface area contributed by atoms with Gasteiger partial charge in [0.1, 0.15) is 5.69 Å². The maximum Gasteiger partial charge on any atom is 0.106 e. The Labute approximate surface area is 114 Å². The van der Waals surface area contributed by atoms with E-state index in [0.29, 0.717) is 11.4 Å². The van der Waals surface area contributed by atoms with Crippen LogP contribution >= 0.6 is 0 Å². The minimum atomic E-state index is -0.580. The van der Waals surface area contributed by atoms with Crippen LogP contribution in [0.4, 0.5) is 17.1 Å². The van der Waals surface area contributed by atoms with Crippen LogP contribution in [0.25, 0.3) is 0 Å². The number of anilines is 3. The molecule has 1 fully saturated rings. The lowest BCUT2D eigenvalue weighted by Gasteiger charge is -2.42. The molecule has 0 radical (unpaired) electrons. The Bertz CT molecular complexity index is 440. The Morgan fingerprint density at radius 3 is 2.47 bits per heavy atom. The van der Waals surface area contributed by atoms with Crippen LogP contribution in [0.5, 0.6) is 0 Å². The normalized spacial score (nSPS) is 18.7. The summed E-state index contributed by atoms with van der Waals surface area (Å²) in [6.45, 7) is 5.62. The molecule has 5 N–H and O–H groups in total. The molecule has 0 saturated carbocycles. The van der Waals surface area contributed by atoms with E-state index in [4.69, 9.17) is 5.73 Å². The lowest BCUT2D eigenvalue weighted by atomic mass is 9.81. The first-order valence-electron chi connectivity index (χ1n) is 6.74. The van der Waals surface area contributed by atoms with Crippen LogP contribution in [0.1, 0.15) is 26.7 Å². The number of benzene rings is 1. The van der Waals surface area contributed by atoms with E-state index in [2.05, 4.69) is 24.2 Å². The number of nitrogens with one attached hydrogen (secondary N) is 1. The number of piperidine rings is 1. The molecule has 1 aliphatic rings. The molecule has 0 bridgehead atoms. The Kier molecular flexibility index (Phi) is 3.87. The first kappa shape index (κ1) is 14.0. The zero-order valence-corrected chi connectivity index (χ0v) is 11.6. The molecule has 0 aromatic heterocycles. The van der Waals surface area contributed by atoms with Crippen LogP contribution in [-0.4, -0.2) is 29.0 Å². The van der Waals surface area contributed by atoms with E-state index in [1.807, 2.05) is 12.1 Å². The fraction of sp³-hybridized carbons (Fsp3) is 0.571. The lowest BCUT2D eigenvalue weighted by Crippen LogP contribution is -2.47. The molecule has 1 saturated heterocycles. The summed E-state index contributed by atoms with van der Waals surface area (Å²) in [5, 5.41) is 19.7. The van der Waals surface area contributed by atoms with Crippen LogP contribution in [0.2, 0.25) is 0 Å². The van der Waals surface area contributed by atoms with Crippen LogP contribution in [0.15, 0.2) is 18.2 Å². The van der Waals surface area contributed by atoms with Crippen molar-refractivity contribution in [1.82, 2.24) is 0 Å². The Hall–Kier alpha value is -1.46. The molecule has 1 heterocycles. The van der Waals surface area contributed by atoms with Crippen molar-refractivity contribution in [3.05, 3.63) is 18.2 Å². The van der Waals surface area contributed by atoms with Gasteiger partial charge in [-0.15, -0.1) is 0 Å². The minimum Gasteiger partial charge on any atom is -0.397 e. The molecule has 5 nitrogen and oxygen atoms in total. The van der Waals surface area contributed by atoms with Gasteiger partial charge in [0.2, 0.25) is 0 Å². The summed E-state index contributed by atoms with van der Waals surface area (Å²) in [4.78, 5) is 2.14. The lowest BCUT2D eigenvalue weighted by molar-refractivity contribution is -0.0261. The molecule has 0 spiro atoms. The molecule has 1 aliphatic heterocycles. The summed E-state index contributed by atoms with van der Waals surface area (Å²) in [6.07, 6.45) is 1.45. The second-order valence-electron chi connectivity index (χ2n) is 5.60. The topological polar surface area (TPSA) is 81.8 Å². The summed E-state index contributed by atoms with van der Waals surface area (Å²) in [5.74, 6) is 0.255. The average molecular weight is 265 g/mol. The van der Waals surface area contributed by atoms with Gasteiger partial charge in [-0.25, -0.2) is 0 Å². The fourth-order valence-electron chi connectivity index (χ4n) is 2.66. The highest BCUT2D eigenvalue weighted by atomic mass is 16.5. The van der Waals surface area contributed by atoms with Crippen LogP contribution in [0, 0.1) is 5.92 Å². The number of nitrogens with two attached hydrogens (primary N) is 1. The van der Waals surface area contributed by atoms with Crippen molar-refractivity contribution in [1.29, 1.82) is 0 Å². The fourth-order valence-corrected chi connectivity index (χ4v) is 2.66. The summed E-state index contributed by atoms with van der Waals surface area (Å²) in [5.41, 5.74) is 9.38. The number of hydrogen-bond acceptors (Lipinski definition) is 5. The van der Waals surface area contributed by atoms with Gasteiger partial charge < -0.3 is 15.7 Å². The van der Waals surface area contributed by atoms with E-state index in [1.54, 1.807) is 6.07 Å². The summed E-state index contributed by atoms with van der Waals surface area (Å²) in [6, 6.07) is 5.54. The van der Waals surface area contributed by atoms with Gasteiger partial charge in [0.05, 0.1) is 17.0 Å². The third kappa shape index (κ3) is 2.62. The van der Waals surface area contributed by atoms with Crippen LogP contribution < -0.4 is 16.1 Å². The second kappa shape index (κ2) is 5.27. The second-order valence-corrected chi connectivity index (χ2v) is 5.60. The van der Waals surface area contributed by atoms with E-state index in [0.717, 1.165) is 31.6 Å². The largest absolute Gasteiger partial charge is 0.397 e. The predicted molar refractivity (Wildman–Crippen MR) is 77.5 cm³/mol. The van der Waals surface area contributed by atoms with Crippen molar-refractivity contribution in [2.75, 3.05) is 29.2 Å². The van der Waals surface area contributed by atoms with E-state index >= 15 is 0 Å². The number of nitrogen functional groups attached to an aromatic ring is 1. The number of aliphatic hydroxyl groups is 1. The van der Waals surface area contributed by atoms with E-state index < -0.39 is 5.60 Å². The monoisotopic (exact) mass is 265 g/mol. The third-order valence-electron chi connectivity index (χ3n) is 4.23. The van der Waals surface area contributed by atoms with Crippen molar-refractivity contribution in [2.45, 2.75) is 32.3 Å². The van der Waals surface area contributed by atoms with Crippen molar-refractivity contribution >= 4 is 17.1 Å².